The van der Waals surface area contributed by atoms with Gasteiger partial charge in [0.25, 0.3) is 0 Å². The third kappa shape index (κ3) is 6.01. The molecule has 2 fully saturated rings. The molecule has 1 saturated heterocycles. The maximum atomic E-state index is 13.6. The van der Waals surface area contributed by atoms with E-state index in [1.165, 1.54) is 39.2 Å². The number of rotatable bonds is 8. The molecule has 1 aromatic carbocycles. The summed E-state index contributed by atoms with van der Waals surface area (Å²) in [4.78, 5) is 30.0. The predicted octanol–water partition coefficient (Wildman–Crippen LogP) is 4.75. The number of nitrogens with one attached hydrogen (secondary N) is 1. The zero-order chi connectivity index (χ0) is 24.7. The summed E-state index contributed by atoms with van der Waals surface area (Å²) in [5, 5.41) is 3.17. The van der Waals surface area contributed by atoms with Crippen molar-refractivity contribution in [1.29, 1.82) is 0 Å². The highest BCUT2D eigenvalue weighted by Crippen LogP contribution is 2.35. The number of aromatic nitrogens is 1. The molecule has 4 rings (SSSR count). The topological polar surface area (TPSA) is 86.8 Å². The molecule has 0 spiro atoms. The molecule has 1 aliphatic carbocycles. The lowest BCUT2D eigenvalue weighted by molar-refractivity contribution is -0.131. The third-order valence-corrected chi connectivity index (χ3v) is 7.40. The van der Waals surface area contributed by atoms with Crippen LogP contribution in [-0.4, -0.2) is 43.8 Å². The van der Waals surface area contributed by atoms with E-state index in [9.17, 15) is 9.59 Å². The van der Waals surface area contributed by atoms with Crippen LogP contribution in [0, 0.1) is 5.92 Å². The number of hydrogen-bond donors (Lipinski definition) is 1. The molecule has 1 aliphatic heterocycles. The van der Waals surface area contributed by atoms with Gasteiger partial charge in [-0.3, -0.25) is 9.78 Å². The van der Waals surface area contributed by atoms with Crippen LogP contribution in [0.1, 0.15) is 79.5 Å². The Bertz CT molecular complexity index is 977. The van der Waals surface area contributed by atoms with Gasteiger partial charge in [0.05, 0.1) is 42.6 Å². The van der Waals surface area contributed by atoms with Crippen molar-refractivity contribution in [2.45, 2.75) is 63.3 Å². The zero-order valence-corrected chi connectivity index (χ0v) is 20.8. The Morgan fingerprint density at radius 1 is 1.09 bits per heavy atom. The Hall–Kier alpha value is -2.93. The molecular formula is C28H36N2O5. The van der Waals surface area contributed by atoms with Crippen LogP contribution in [0.4, 0.5) is 0 Å². The number of nitrogens with zero attached hydrogens (tertiary/aromatic N) is 1. The first-order valence-corrected chi connectivity index (χ1v) is 12.7. The van der Waals surface area contributed by atoms with Crippen molar-refractivity contribution in [3.05, 3.63) is 59.4 Å². The van der Waals surface area contributed by atoms with Crippen molar-refractivity contribution >= 4 is 11.9 Å². The SMILES string of the molecule is COC(=O)c1ccc(C(C)NC(=O)C2(c3ccc(OCC4CCCCC4)cn3)CCOCC2)cc1. The maximum absolute atomic E-state index is 13.6. The molecule has 1 saturated carbocycles. The minimum Gasteiger partial charge on any atom is -0.492 e. The molecule has 2 aliphatic rings. The van der Waals surface area contributed by atoms with Crippen molar-refractivity contribution in [2.75, 3.05) is 26.9 Å². The molecule has 7 nitrogen and oxygen atoms in total. The van der Waals surface area contributed by atoms with Gasteiger partial charge in [-0.25, -0.2) is 4.79 Å². The highest BCUT2D eigenvalue weighted by molar-refractivity contribution is 5.89. The first kappa shape index (κ1) is 25.2. The van der Waals surface area contributed by atoms with Crippen LogP contribution < -0.4 is 10.1 Å². The van der Waals surface area contributed by atoms with Gasteiger partial charge in [0.2, 0.25) is 5.91 Å². The molecule has 2 heterocycles. The van der Waals surface area contributed by atoms with Gasteiger partial charge in [0.1, 0.15) is 5.75 Å². The van der Waals surface area contributed by atoms with Gasteiger partial charge in [-0.15, -0.1) is 0 Å². The van der Waals surface area contributed by atoms with E-state index in [0.29, 0.717) is 37.5 Å². The first-order valence-electron chi connectivity index (χ1n) is 12.7. The number of hydrogen-bond acceptors (Lipinski definition) is 6. The molecule has 1 amide bonds. The highest BCUT2D eigenvalue weighted by Gasteiger charge is 2.43. The second-order valence-electron chi connectivity index (χ2n) is 9.70. The number of amides is 1. The molecule has 7 heteroatoms. The number of esters is 1. The monoisotopic (exact) mass is 480 g/mol. The lowest BCUT2D eigenvalue weighted by atomic mass is 9.75. The number of pyridine rings is 1. The molecule has 0 bridgehead atoms. The Balaban J connectivity index is 1.44. The van der Waals surface area contributed by atoms with E-state index in [1.807, 2.05) is 31.2 Å². The van der Waals surface area contributed by atoms with Gasteiger partial charge in [0, 0.05) is 13.2 Å². The van der Waals surface area contributed by atoms with Gasteiger partial charge >= 0.3 is 5.97 Å². The van der Waals surface area contributed by atoms with Gasteiger partial charge in [-0.2, -0.15) is 0 Å². The van der Waals surface area contributed by atoms with Crippen LogP contribution in [0.5, 0.6) is 5.75 Å². The molecular weight excluding hydrogens is 444 g/mol. The van der Waals surface area contributed by atoms with E-state index in [4.69, 9.17) is 14.2 Å². The number of carbonyl (C=O) groups excluding carboxylic acids is 2. The Morgan fingerprint density at radius 2 is 1.80 bits per heavy atom. The van der Waals surface area contributed by atoms with Gasteiger partial charge in [-0.1, -0.05) is 31.4 Å². The van der Waals surface area contributed by atoms with E-state index in [0.717, 1.165) is 23.6 Å². The van der Waals surface area contributed by atoms with Crippen molar-refractivity contribution in [2.24, 2.45) is 5.92 Å². The third-order valence-electron chi connectivity index (χ3n) is 7.40. The molecule has 1 unspecified atom stereocenters. The van der Waals surface area contributed by atoms with E-state index in [1.54, 1.807) is 18.3 Å². The minimum atomic E-state index is -0.750. The fraction of sp³-hybridized carbons (Fsp3) is 0.536. The van der Waals surface area contributed by atoms with Crippen LogP contribution in [-0.2, 0) is 19.7 Å². The molecule has 1 N–H and O–H groups in total. The number of benzene rings is 1. The van der Waals surface area contributed by atoms with Crippen LogP contribution in [0.25, 0.3) is 0 Å². The van der Waals surface area contributed by atoms with Crippen molar-refractivity contribution in [1.82, 2.24) is 10.3 Å². The quantitative estimate of drug-likeness (QED) is 0.549. The first-order chi connectivity index (χ1) is 17.0. The maximum Gasteiger partial charge on any atom is 0.337 e. The summed E-state index contributed by atoms with van der Waals surface area (Å²) >= 11 is 0. The average molecular weight is 481 g/mol. The van der Waals surface area contributed by atoms with E-state index >= 15 is 0 Å². The lowest BCUT2D eigenvalue weighted by Crippen LogP contribution is -2.49. The Labute approximate surface area is 207 Å². The second-order valence-corrected chi connectivity index (χ2v) is 9.70. The second kappa shape index (κ2) is 11.7. The van der Waals surface area contributed by atoms with Crippen LogP contribution in [0.15, 0.2) is 42.6 Å². The smallest absolute Gasteiger partial charge is 0.337 e. The molecule has 188 valence electrons. The molecule has 2 aromatic rings. The van der Waals surface area contributed by atoms with Gasteiger partial charge in [0.15, 0.2) is 0 Å². The van der Waals surface area contributed by atoms with Crippen LogP contribution in [0.3, 0.4) is 0 Å². The normalized spacial score (nSPS) is 18.9. The van der Waals surface area contributed by atoms with Crippen LogP contribution in [0.2, 0.25) is 0 Å². The molecule has 1 atom stereocenters. The Kier molecular flexibility index (Phi) is 8.39. The summed E-state index contributed by atoms with van der Waals surface area (Å²) in [6.07, 6.45) is 9.27. The van der Waals surface area contributed by atoms with Gasteiger partial charge < -0.3 is 19.5 Å². The van der Waals surface area contributed by atoms with Gasteiger partial charge in [-0.05, 0) is 68.4 Å². The Morgan fingerprint density at radius 3 is 2.43 bits per heavy atom. The lowest BCUT2D eigenvalue weighted by Gasteiger charge is -2.36. The summed E-state index contributed by atoms with van der Waals surface area (Å²) in [5.41, 5.74) is 1.38. The molecule has 1 aromatic heterocycles. The average Bonchev–Trinajstić information content (AvgIpc) is 2.92. The summed E-state index contributed by atoms with van der Waals surface area (Å²) in [6.45, 7) is 3.69. The predicted molar refractivity (Wildman–Crippen MR) is 132 cm³/mol. The fourth-order valence-electron chi connectivity index (χ4n) is 5.08. The summed E-state index contributed by atoms with van der Waals surface area (Å²) in [7, 11) is 1.36. The number of ether oxygens (including phenoxy) is 3. The van der Waals surface area contributed by atoms with Crippen molar-refractivity contribution in [3.63, 3.8) is 0 Å². The van der Waals surface area contributed by atoms with E-state index < -0.39 is 5.41 Å². The van der Waals surface area contributed by atoms with Crippen LogP contribution >= 0.6 is 0 Å². The zero-order valence-electron chi connectivity index (χ0n) is 20.8. The molecule has 35 heavy (non-hydrogen) atoms. The summed E-state index contributed by atoms with van der Waals surface area (Å²) in [5.74, 6) is 0.931. The largest absolute Gasteiger partial charge is 0.492 e. The van der Waals surface area contributed by atoms with Crippen molar-refractivity contribution < 1.29 is 23.8 Å². The molecule has 0 radical (unpaired) electrons. The van der Waals surface area contributed by atoms with E-state index in [2.05, 4.69) is 10.3 Å². The fourth-order valence-corrected chi connectivity index (χ4v) is 5.08. The van der Waals surface area contributed by atoms with E-state index in [-0.39, 0.29) is 17.9 Å². The minimum absolute atomic E-state index is 0.0614. The highest BCUT2D eigenvalue weighted by atomic mass is 16.5. The van der Waals surface area contributed by atoms with Crippen molar-refractivity contribution in [3.8, 4) is 5.75 Å². The summed E-state index contributed by atoms with van der Waals surface area (Å²) in [6, 6.07) is 10.7. The number of methoxy groups -OCH3 is 1. The number of carbonyl (C=O) groups is 2. The summed E-state index contributed by atoms with van der Waals surface area (Å²) < 4.78 is 16.4. The standard InChI is InChI=1S/C28H36N2O5/c1-20(22-8-10-23(11-9-22)26(31)33-2)30-27(32)28(14-16-34-17-15-28)25-13-12-24(18-29-25)35-19-21-6-4-3-5-7-21/h8-13,18,20-21H,3-7,14-17,19H2,1-2H3,(H,30,32).